The van der Waals surface area contributed by atoms with E-state index >= 15 is 0 Å². The van der Waals surface area contributed by atoms with Crippen LogP contribution in [0.25, 0.3) is 0 Å². The van der Waals surface area contributed by atoms with E-state index in [1.54, 1.807) is 17.8 Å². The summed E-state index contributed by atoms with van der Waals surface area (Å²) in [4.78, 5) is 1.11. The first kappa shape index (κ1) is 13.4. The number of hydrogen-bond acceptors (Lipinski definition) is 2. The molecule has 0 unspecified atom stereocenters. The van der Waals surface area contributed by atoms with Crippen LogP contribution in [0.3, 0.4) is 0 Å². The molecular weight excluding hydrogens is 269 g/mol. The SMILES string of the molecule is NCc1cccc(SCc2cccc(F)c2Cl)c1. The lowest BCUT2D eigenvalue weighted by Gasteiger charge is -2.06. The molecule has 4 heteroatoms. The lowest BCUT2D eigenvalue weighted by atomic mass is 10.2. The smallest absolute Gasteiger partial charge is 0.142 e. The fraction of sp³-hybridized carbons (Fsp3) is 0.143. The summed E-state index contributed by atoms with van der Waals surface area (Å²) in [5.41, 5.74) is 7.48. The fourth-order valence-corrected chi connectivity index (χ4v) is 2.83. The summed E-state index contributed by atoms with van der Waals surface area (Å²) in [6.45, 7) is 0.523. The number of nitrogens with two attached hydrogens (primary N) is 1. The maximum atomic E-state index is 13.3. The largest absolute Gasteiger partial charge is 0.326 e. The van der Waals surface area contributed by atoms with Crippen molar-refractivity contribution in [1.82, 2.24) is 0 Å². The Morgan fingerprint density at radius 1 is 1.17 bits per heavy atom. The van der Waals surface area contributed by atoms with Crippen molar-refractivity contribution in [3.05, 3.63) is 64.4 Å². The van der Waals surface area contributed by atoms with Crippen LogP contribution in [0.4, 0.5) is 4.39 Å². The highest BCUT2D eigenvalue weighted by Gasteiger charge is 2.06. The normalized spacial score (nSPS) is 10.6. The Kier molecular flexibility index (Phi) is 4.64. The Morgan fingerprint density at radius 2 is 1.94 bits per heavy atom. The van der Waals surface area contributed by atoms with Crippen molar-refractivity contribution in [3.63, 3.8) is 0 Å². The molecule has 0 aliphatic heterocycles. The summed E-state index contributed by atoms with van der Waals surface area (Å²) >= 11 is 7.53. The highest BCUT2D eigenvalue weighted by Crippen LogP contribution is 2.28. The van der Waals surface area contributed by atoms with Crippen LogP contribution in [0, 0.1) is 5.82 Å². The van der Waals surface area contributed by atoms with Gasteiger partial charge < -0.3 is 5.73 Å². The molecule has 2 aromatic rings. The monoisotopic (exact) mass is 281 g/mol. The molecular formula is C14H13ClFNS. The minimum absolute atomic E-state index is 0.208. The molecule has 0 saturated carbocycles. The van der Waals surface area contributed by atoms with Gasteiger partial charge in [0.2, 0.25) is 0 Å². The highest BCUT2D eigenvalue weighted by molar-refractivity contribution is 7.98. The van der Waals surface area contributed by atoms with Crippen LogP contribution in [0.15, 0.2) is 47.4 Å². The zero-order chi connectivity index (χ0) is 13.0. The molecule has 0 atom stereocenters. The second-order valence-electron chi connectivity index (χ2n) is 3.85. The van der Waals surface area contributed by atoms with Crippen LogP contribution in [-0.4, -0.2) is 0 Å². The van der Waals surface area contributed by atoms with Crippen molar-refractivity contribution >= 4 is 23.4 Å². The molecule has 0 saturated heterocycles. The molecule has 2 rings (SSSR count). The van der Waals surface area contributed by atoms with E-state index in [1.165, 1.54) is 6.07 Å². The van der Waals surface area contributed by atoms with Gasteiger partial charge in [0.15, 0.2) is 0 Å². The van der Waals surface area contributed by atoms with Crippen LogP contribution in [-0.2, 0) is 12.3 Å². The third kappa shape index (κ3) is 3.25. The van der Waals surface area contributed by atoms with Crippen LogP contribution >= 0.6 is 23.4 Å². The zero-order valence-electron chi connectivity index (χ0n) is 9.70. The molecule has 2 N–H and O–H groups in total. The molecule has 0 aromatic heterocycles. The molecule has 0 bridgehead atoms. The van der Waals surface area contributed by atoms with E-state index < -0.39 is 0 Å². The molecule has 0 heterocycles. The van der Waals surface area contributed by atoms with E-state index in [2.05, 4.69) is 0 Å². The Hall–Kier alpha value is -1.03. The first-order valence-corrected chi connectivity index (χ1v) is 6.92. The van der Waals surface area contributed by atoms with E-state index in [0.717, 1.165) is 16.0 Å². The van der Waals surface area contributed by atoms with Gasteiger partial charge in [-0.1, -0.05) is 35.9 Å². The topological polar surface area (TPSA) is 26.0 Å². The van der Waals surface area contributed by atoms with Crippen LogP contribution < -0.4 is 5.73 Å². The van der Waals surface area contributed by atoms with E-state index in [1.807, 2.05) is 30.3 Å². The van der Waals surface area contributed by atoms with E-state index in [0.29, 0.717) is 12.3 Å². The summed E-state index contributed by atoms with van der Waals surface area (Å²) in [7, 11) is 0. The van der Waals surface area contributed by atoms with Crippen molar-refractivity contribution in [1.29, 1.82) is 0 Å². The van der Waals surface area contributed by atoms with Crippen LogP contribution in [0.2, 0.25) is 5.02 Å². The zero-order valence-corrected chi connectivity index (χ0v) is 11.3. The molecule has 0 radical (unpaired) electrons. The highest BCUT2D eigenvalue weighted by atomic mass is 35.5. The van der Waals surface area contributed by atoms with Crippen molar-refractivity contribution < 1.29 is 4.39 Å². The van der Waals surface area contributed by atoms with Crippen molar-refractivity contribution in [2.45, 2.75) is 17.2 Å². The third-order valence-corrected chi connectivity index (χ3v) is 4.03. The second-order valence-corrected chi connectivity index (χ2v) is 5.28. The van der Waals surface area contributed by atoms with Crippen molar-refractivity contribution in [2.24, 2.45) is 5.73 Å². The summed E-state index contributed by atoms with van der Waals surface area (Å²) in [5, 5.41) is 0.208. The minimum atomic E-state index is -0.370. The second kappa shape index (κ2) is 6.23. The van der Waals surface area contributed by atoms with Gasteiger partial charge in [-0.25, -0.2) is 4.39 Å². The standard InChI is InChI=1S/C14H13ClFNS/c15-14-11(4-2-6-13(14)16)9-18-12-5-1-3-10(7-12)8-17/h1-7H,8-9,17H2. The summed E-state index contributed by atoms with van der Waals surface area (Å²) in [5.74, 6) is 0.274. The van der Waals surface area contributed by atoms with Gasteiger partial charge in [-0.05, 0) is 29.3 Å². The van der Waals surface area contributed by atoms with Gasteiger partial charge in [-0.3, -0.25) is 0 Å². The quantitative estimate of drug-likeness (QED) is 0.849. The predicted octanol–water partition coefficient (Wildman–Crippen LogP) is 4.23. The minimum Gasteiger partial charge on any atom is -0.326 e. The molecule has 0 spiro atoms. The third-order valence-electron chi connectivity index (χ3n) is 2.56. The van der Waals surface area contributed by atoms with E-state index in [-0.39, 0.29) is 10.8 Å². The Morgan fingerprint density at radius 3 is 2.72 bits per heavy atom. The molecule has 2 aromatic carbocycles. The van der Waals surface area contributed by atoms with Crippen LogP contribution in [0.5, 0.6) is 0 Å². The first-order chi connectivity index (χ1) is 8.70. The average molecular weight is 282 g/mol. The van der Waals surface area contributed by atoms with E-state index in [9.17, 15) is 4.39 Å². The Labute approximate surface area is 115 Å². The summed E-state index contributed by atoms with van der Waals surface area (Å²) in [6.07, 6.45) is 0. The molecule has 0 aliphatic carbocycles. The van der Waals surface area contributed by atoms with Gasteiger partial charge in [0, 0.05) is 17.2 Å². The molecule has 0 amide bonds. The number of hydrogen-bond donors (Lipinski definition) is 1. The summed E-state index contributed by atoms with van der Waals surface area (Å²) in [6, 6.07) is 12.9. The van der Waals surface area contributed by atoms with Crippen LogP contribution in [0.1, 0.15) is 11.1 Å². The molecule has 0 aliphatic rings. The number of benzene rings is 2. The molecule has 0 fully saturated rings. The van der Waals surface area contributed by atoms with Gasteiger partial charge in [0.05, 0.1) is 5.02 Å². The van der Waals surface area contributed by atoms with Crippen molar-refractivity contribution in [3.8, 4) is 0 Å². The molecule has 1 nitrogen and oxygen atoms in total. The lowest BCUT2D eigenvalue weighted by Crippen LogP contribution is -1.95. The van der Waals surface area contributed by atoms with Crippen molar-refractivity contribution in [2.75, 3.05) is 0 Å². The molecule has 94 valence electrons. The van der Waals surface area contributed by atoms with Gasteiger partial charge in [-0.15, -0.1) is 11.8 Å². The fourth-order valence-electron chi connectivity index (χ4n) is 1.58. The van der Waals surface area contributed by atoms with Gasteiger partial charge in [0.25, 0.3) is 0 Å². The number of rotatable bonds is 4. The van der Waals surface area contributed by atoms with Gasteiger partial charge in [-0.2, -0.15) is 0 Å². The van der Waals surface area contributed by atoms with Gasteiger partial charge in [0.1, 0.15) is 5.82 Å². The maximum Gasteiger partial charge on any atom is 0.142 e. The maximum absolute atomic E-state index is 13.3. The Bertz CT molecular complexity index is 545. The predicted molar refractivity (Wildman–Crippen MR) is 75.3 cm³/mol. The first-order valence-electron chi connectivity index (χ1n) is 5.55. The Balaban J connectivity index is 2.09. The van der Waals surface area contributed by atoms with E-state index in [4.69, 9.17) is 17.3 Å². The molecule has 18 heavy (non-hydrogen) atoms. The number of thioether (sulfide) groups is 1. The van der Waals surface area contributed by atoms with Gasteiger partial charge >= 0.3 is 0 Å². The average Bonchev–Trinajstić information content (AvgIpc) is 2.41. The number of halogens is 2. The summed E-state index contributed by atoms with van der Waals surface area (Å²) < 4.78 is 13.3. The lowest BCUT2D eigenvalue weighted by molar-refractivity contribution is 0.627.